The molecule has 0 amide bonds. The molecule has 4 aliphatic carbocycles. The third kappa shape index (κ3) is 3.97. The van der Waals surface area contributed by atoms with E-state index in [0.717, 1.165) is 17.8 Å². The topological polar surface area (TPSA) is 18.5 Å². The van der Waals surface area contributed by atoms with Crippen LogP contribution >= 0.6 is 0 Å². The fourth-order valence-electron chi connectivity index (χ4n) is 11.4. The van der Waals surface area contributed by atoms with Gasteiger partial charge in [-0.2, -0.15) is 0 Å². The molecule has 0 saturated heterocycles. The summed E-state index contributed by atoms with van der Waals surface area (Å²) in [5.74, 6) is 3.54. The van der Waals surface area contributed by atoms with Crippen LogP contribution < -0.4 is 0 Å². The predicted molar refractivity (Wildman–Crippen MR) is 159 cm³/mol. The Bertz CT molecular complexity index is 933. The molecule has 1 heterocycles. The maximum absolute atomic E-state index is 7.01. The van der Waals surface area contributed by atoms with Crippen LogP contribution in [-0.2, 0) is 9.16 Å². The summed E-state index contributed by atoms with van der Waals surface area (Å²) < 4.78 is 13.9. The highest BCUT2D eigenvalue weighted by Crippen LogP contribution is 2.76. The van der Waals surface area contributed by atoms with E-state index in [-0.39, 0.29) is 16.6 Å². The smallest absolute Gasteiger partial charge is 0.184 e. The Morgan fingerprint density at radius 3 is 1.97 bits per heavy atom. The monoisotopic (exact) mass is 528 g/mol. The molecular formula is C34H60O2Si. The lowest BCUT2D eigenvalue weighted by Gasteiger charge is -2.70. The van der Waals surface area contributed by atoms with E-state index in [1.807, 2.05) is 0 Å². The van der Waals surface area contributed by atoms with E-state index < -0.39 is 8.32 Å². The molecule has 4 fully saturated rings. The average molecular weight is 529 g/mol. The maximum Gasteiger partial charge on any atom is 0.184 e. The summed E-state index contributed by atoms with van der Waals surface area (Å²) in [6.45, 7) is 29.8. The minimum absolute atomic E-state index is 0.111. The summed E-state index contributed by atoms with van der Waals surface area (Å²) in [5, 5.41) is 0. The zero-order chi connectivity index (χ0) is 27.4. The van der Waals surface area contributed by atoms with Gasteiger partial charge in [0, 0.05) is 0 Å². The van der Waals surface area contributed by atoms with Crippen molar-refractivity contribution >= 4 is 8.32 Å². The molecule has 5 aliphatic rings. The zero-order valence-electron chi connectivity index (χ0n) is 26.6. The van der Waals surface area contributed by atoms with E-state index in [4.69, 9.17) is 9.16 Å². The van der Waals surface area contributed by atoms with Gasteiger partial charge in [0.05, 0.1) is 17.3 Å². The number of rotatable bonds is 4. The van der Waals surface area contributed by atoms with Gasteiger partial charge in [0.25, 0.3) is 0 Å². The normalized spacial score (nSPS) is 53.2. The van der Waals surface area contributed by atoms with E-state index in [1.54, 1.807) is 0 Å². The lowest BCUT2D eigenvalue weighted by molar-refractivity contribution is -0.224. The molecule has 0 aromatic heterocycles. The Morgan fingerprint density at radius 2 is 1.38 bits per heavy atom. The second-order valence-corrected chi connectivity index (χ2v) is 21.8. The molecule has 0 unspecified atom stereocenters. The van der Waals surface area contributed by atoms with Crippen molar-refractivity contribution in [2.24, 2.45) is 51.2 Å². The Balaban J connectivity index is 1.42. The molecule has 0 aromatic rings. The summed E-state index contributed by atoms with van der Waals surface area (Å²) >= 11 is 0. The summed E-state index contributed by atoms with van der Waals surface area (Å²) in [7, 11) is -1.56. The average Bonchev–Trinajstić information content (AvgIpc) is 3.29. The first-order valence-electron chi connectivity index (χ1n) is 15.9. The largest absolute Gasteiger partial charge is 0.414 e. The summed E-state index contributed by atoms with van der Waals surface area (Å²) in [6, 6.07) is 0. The van der Waals surface area contributed by atoms with Crippen molar-refractivity contribution in [2.45, 2.75) is 151 Å². The van der Waals surface area contributed by atoms with Crippen molar-refractivity contribution in [1.82, 2.24) is 0 Å². The van der Waals surface area contributed by atoms with Gasteiger partial charge >= 0.3 is 0 Å². The predicted octanol–water partition coefficient (Wildman–Crippen LogP) is 9.65. The SMILES string of the molecule is CC(C)[C@]1(C)C=C[C@](C)([C@H]2CC[C@]3(C)[C@@H]2CC[C@@H]2[C@@]4(C)CC[C@H](O[Si](C)(C)C)C(C)(C)[C@@H]4CC[C@]23C)O1. The van der Waals surface area contributed by atoms with Crippen LogP contribution in [0.1, 0.15) is 114 Å². The third-order valence-corrected chi connectivity index (χ3v) is 14.9. The Hall–Kier alpha value is -0.123. The number of ether oxygens (including phenoxy) is 1. The fraction of sp³-hybridized carbons (Fsp3) is 0.941. The molecule has 0 radical (unpaired) electrons. The minimum Gasteiger partial charge on any atom is -0.414 e. The first-order valence-corrected chi connectivity index (χ1v) is 19.3. The highest BCUT2D eigenvalue weighted by Gasteiger charge is 2.70. The van der Waals surface area contributed by atoms with E-state index in [1.165, 1.54) is 51.4 Å². The van der Waals surface area contributed by atoms with Gasteiger partial charge in [0.2, 0.25) is 0 Å². The van der Waals surface area contributed by atoms with Crippen LogP contribution in [0, 0.1) is 51.2 Å². The van der Waals surface area contributed by atoms with Crippen LogP contribution in [0.15, 0.2) is 12.2 Å². The Morgan fingerprint density at radius 1 is 0.730 bits per heavy atom. The van der Waals surface area contributed by atoms with Gasteiger partial charge in [0.1, 0.15) is 0 Å². The van der Waals surface area contributed by atoms with Crippen LogP contribution in [-0.4, -0.2) is 25.6 Å². The van der Waals surface area contributed by atoms with Crippen LogP contribution in [0.3, 0.4) is 0 Å². The molecule has 0 aromatic carbocycles. The van der Waals surface area contributed by atoms with E-state index in [2.05, 4.69) is 94.1 Å². The van der Waals surface area contributed by atoms with Gasteiger partial charge in [-0.25, -0.2) is 0 Å². The lowest BCUT2D eigenvalue weighted by atomic mass is 9.35. The van der Waals surface area contributed by atoms with Gasteiger partial charge in [-0.15, -0.1) is 0 Å². The molecule has 0 N–H and O–H groups in total. The van der Waals surface area contributed by atoms with E-state index in [9.17, 15) is 0 Å². The van der Waals surface area contributed by atoms with E-state index in [0.29, 0.717) is 34.2 Å². The van der Waals surface area contributed by atoms with Gasteiger partial charge in [-0.1, -0.05) is 60.6 Å². The Kier molecular flexibility index (Phi) is 6.49. The minimum atomic E-state index is -1.56. The maximum atomic E-state index is 7.01. The van der Waals surface area contributed by atoms with Crippen molar-refractivity contribution in [3.8, 4) is 0 Å². The van der Waals surface area contributed by atoms with Crippen molar-refractivity contribution in [3.63, 3.8) is 0 Å². The number of hydrogen-bond donors (Lipinski definition) is 0. The van der Waals surface area contributed by atoms with E-state index >= 15 is 0 Å². The first-order chi connectivity index (χ1) is 16.8. The van der Waals surface area contributed by atoms with Crippen LogP contribution in [0.5, 0.6) is 0 Å². The number of fused-ring (bicyclic) bond motifs is 5. The molecule has 212 valence electrons. The molecule has 1 aliphatic heterocycles. The quantitative estimate of drug-likeness (QED) is 0.267. The lowest BCUT2D eigenvalue weighted by Crippen LogP contribution is -2.64. The molecule has 3 heteroatoms. The summed E-state index contributed by atoms with van der Waals surface area (Å²) in [5.41, 5.74) is 1.32. The second kappa shape index (κ2) is 8.45. The van der Waals surface area contributed by atoms with Gasteiger partial charge in [-0.05, 0) is 136 Å². The van der Waals surface area contributed by atoms with Crippen molar-refractivity contribution < 1.29 is 9.16 Å². The second-order valence-electron chi connectivity index (χ2n) is 17.4. The van der Waals surface area contributed by atoms with Crippen LogP contribution in [0.2, 0.25) is 19.6 Å². The third-order valence-electron chi connectivity index (χ3n) is 13.9. The highest BCUT2D eigenvalue weighted by molar-refractivity contribution is 6.69. The zero-order valence-corrected chi connectivity index (χ0v) is 27.6. The van der Waals surface area contributed by atoms with Gasteiger partial charge < -0.3 is 9.16 Å². The molecule has 4 saturated carbocycles. The highest BCUT2D eigenvalue weighted by atomic mass is 28.4. The van der Waals surface area contributed by atoms with Gasteiger partial charge in [0.15, 0.2) is 8.32 Å². The fourth-order valence-corrected chi connectivity index (χ4v) is 12.7. The molecule has 10 atom stereocenters. The van der Waals surface area contributed by atoms with Crippen molar-refractivity contribution in [1.29, 1.82) is 0 Å². The molecule has 0 bridgehead atoms. The molecule has 5 rings (SSSR count). The van der Waals surface area contributed by atoms with Crippen molar-refractivity contribution in [2.75, 3.05) is 0 Å². The Labute approximate surface area is 231 Å². The van der Waals surface area contributed by atoms with Crippen molar-refractivity contribution in [3.05, 3.63) is 12.2 Å². The molecule has 2 nitrogen and oxygen atoms in total. The summed E-state index contributed by atoms with van der Waals surface area (Å²) in [6.07, 6.45) is 16.2. The molecular weight excluding hydrogens is 468 g/mol. The standard InChI is InChI=1S/C34H60O2Si/c1-23(2)33(8)21-22-34(9,36-33)25-15-19-31(6)24(25)13-14-27-30(5)18-17-28(35-37(10,11)12)29(3,4)26(30)16-20-32(27,31)7/h21-28H,13-20H2,1-12H3/t24-,25+,26+,27-,28+,30+,31-,32-,33+,34-/m1/s1. The van der Waals surface area contributed by atoms with Gasteiger partial charge in [-0.3, -0.25) is 0 Å². The molecule has 37 heavy (non-hydrogen) atoms. The van der Waals surface area contributed by atoms with Crippen LogP contribution in [0.25, 0.3) is 0 Å². The van der Waals surface area contributed by atoms with Crippen LogP contribution in [0.4, 0.5) is 0 Å². The first kappa shape index (κ1) is 28.4. The summed E-state index contributed by atoms with van der Waals surface area (Å²) in [4.78, 5) is 0. The molecule has 0 spiro atoms. The number of hydrogen-bond acceptors (Lipinski definition) is 2.